The van der Waals surface area contributed by atoms with Gasteiger partial charge >= 0.3 is 0 Å². The number of aromatic nitrogens is 1. The van der Waals surface area contributed by atoms with E-state index in [1.54, 1.807) is 0 Å². The van der Waals surface area contributed by atoms with Crippen LogP contribution in [0.5, 0.6) is 0 Å². The summed E-state index contributed by atoms with van der Waals surface area (Å²) in [6.07, 6.45) is 2.31. The highest BCUT2D eigenvalue weighted by Gasteiger charge is 2.16. The molecule has 1 amide bonds. The summed E-state index contributed by atoms with van der Waals surface area (Å²) in [5.74, 6) is 0.0444. The fraction of sp³-hybridized carbons (Fsp3) is 0.375. The number of amides is 1. The molecule has 0 unspecified atom stereocenters. The van der Waals surface area contributed by atoms with Gasteiger partial charge in [0.05, 0.1) is 17.1 Å². The molecule has 2 heterocycles. The van der Waals surface area contributed by atoms with Crippen LogP contribution >= 0.6 is 22.9 Å². The van der Waals surface area contributed by atoms with Crippen LogP contribution in [0.4, 0.5) is 0 Å². The lowest BCUT2D eigenvalue weighted by Gasteiger charge is -2.23. The topological polar surface area (TPSA) is 54.0 Å². The number of halogens is 1. The van der Waals surface area contributed by atoms with Crippen molar-refractivity contribution in [2.24, 2.45) is 0 Å². The van der Waals surface area contributed by atoms with E-state index in [9.17, 15) is 4.79 Å². The molecule has 1 aromatic heterocycles. The van der Waals surface area contributed by atoms with Crippen LogP contribution < -0.4 is 10.6 Å². The molecule has 0 spiro atoms. The molecule has 4 nitrogen and oxygen atoms in total. The predicted octanol–water partition coefficient (Wildman–Crippen LogP) is 2.87. The minimum Gasteiger partial charge on any atom is -0.353 e. The Morgan fingerprint density at radius 1 is 1.36 bits per heavy atom. The molecule has 2 N–H and O–H groups in total. The SMILES string of the molecule is O=C(Cc1csc(-c2ccccc2Cl)n1)NC1CCNCC1. The van der Waals surface area contributed by atoms with Crippen molar-refractivity contribution in [1.29, 1.82) is 0 Å². The van der Waals surface area contributed by atoms with Gasteiger partial charge in [-0.25, -0.2) is 4.98 Å². The van der Waals surface area contributed by atoms with E-state index in [0.717, 1.165) is 42.2 Å². The van der Waals surface area contributed by atoms with E-state index < -0.39 is 0 Å². The first kappa shape index (κ1) is 15.5. The van der Waals surface area contributed by atoms with E-state index in [0.29, 0.717) is 11.4 Å². The van der Waals surface area contributed by atoms with Gasteiger partial charge in [-0.15, -0.1) is 11.3 Å². The molecule has 1 saturated heterocycles. The standard InChI is InChI=1S/C16H18ClN3OS/c17-14-4-2-1-3-13(14)16-20-12(10-22-16)9-15(21)19-11-5-7-18-8-6-11/h1-4,10-11,18H,5-9H2,(H,19,21). The summed E-state index contributed by atoms with van der Waals surface area (Å²) in [5.41, 5.74) is 1.71. The van der Waals surface area contributed by atoms with Crippen molar-refractivity contribution in [2.75, 3.05) is 13.1 Å². The minimum atomic E-state index is 0.0444. The number of hydrogen-bond acceptors (Lipinski definition) is 4. The highest BCUT2D eigenvalue weighted by Crippen LogP contribution is 2.30. The maximum Gasteiger partial charge on any atom is 0.226 e. The third-order valence-corrected chi connectivity index (χ3v) is 4.96. The quantitative estimate of drug-likeness (QED) is 0.903. The first-order chi connectivity index (χ1) is 10.7. The summed E-state index contributed by atoms with van der Waals surface area (Å²) >= 11 is 7.70. The largest absolute Gasteiger partial charge is 0.353 e. The molecule has 22 heavy (non-hydrogen) atoms. The van der Waals surface area contributed by atoms with E-state index in [1.165, 1.54) is 11.3 Å². The zero-order chi connectivity index (χ0) is 15.4. The average Bonchev–Trinajstić information content (AvgIpc) is 2.97. The zero-order valence-electron chi connectivity index (χ0n) is 12.1. The Labute approximate surface area is 138 Å². The molecule has 6 heteroatoms. The number of benzene rings is 1. The van der Waals surface area contributed by atoms with Crippen molar-refractivity contribution in [2.45, 2.75) is 25.3 Å². The fourth-order valence-corrected chi connectivity index (χ4v) is 3.70. The summed E-state index contributed by atoms with van der Waals surface area (Å²) in [6, 6.07) is 7.91. The maximum atomic E-state index is 12.1. The number of piperidine rings is 1. The van der Waals surface area contributed by atoms with Gasteiger partial charge in [-0.05, 0) is 32.0 Å². The van der Waals surface area contributed by atoms with Gasteiger partial charge in [0.2, 0.25) is 5.91 Å². The lowest BCUT2D eigenvalue weighted by Crippen LogP contribution is -2.43. The van der Waals surface area contributed by atoms with Crippen molar-refractivity contribution in [1.82, 2.24) is 15.6 Å². The van der Waals surface area contributed by atoms with Gasteiger partial charge in [0.25, 0.3) is 0 Å². The molecule has 2 aromatic rings. The molecule has 0 bridgehead atoms. The summed E-state index contributed by atoms with van der Waals surface area (Å²) in [5, 5.41) is 9.85. The van der Waals surface area contributed by atoms with Gasteiger partial charge in [0.1, 0.15) is 5.01 Å². The Kier molecular flexibility index (Phi) is 5.08. The van der Waals surface area contributed by atoms with E-state index in [-0.39, 0.29) is 11.9 Å². The van der Waals surface area contributed by atoms with E-state index >= 15 is 0 Å². The van der Waals surface area contributed by atoms with E-state index in [4.69, 9.17) is 11.6 Å². The van der Waals surface area contributed by atoms with E-state index in [1.807, 2.05) is 29.6 Å². The second-order valence-corrected chi connectivity index (χ2v) is 6.66. The Balaban J connectivity index is 1.62. The molecule has 1 aliphatic heterocycles. The molecule has 116 valence electrons. The van der Waals surface area contributed by atoms with Crippen molar-refractivity contribution < 1.29 is 4.79 Å². The molecule has 1 fully saturated rings. The van der Waals surface area contributed by atoms with Crippen molar-refractivity contribution in [3.8, 4) is 10.6 Å². The van der Waals surface area contributed by atoms with Gasteiger partial charge < -0.3 is 10.6 Å². The lowest BCUT2D eigenvalue weighted by atomic mass is 10.1. The van der Waals surface area contributed by atoms with E-state index in [2.05, 4.69) is 15.6 Å². The third kappa shape index (κ3) is 3.85. The first-order valence-corrected chi connectivity index (χ1v) is 8.67. The molecule has 0 saturated carbocycles. The molecule has 3 rings (SSSR count). The van der Waals surface area contributed by atoms with Crippen LogP contribution in [0.3, 0.4) is 0 Å². The molecule has 1 aliphatic rings. The van der Waals surface area contributed by atoms with Crippen molar-refractivity contribution >= 4 is 28.8 Å². The number of carbonyl (C=O) groups is 1. The summed E-state index contributed by atoms with van der Waals surface area (Å²) in [7, 11) is 0. The highest BCUT2D eigenvalue weighted by atomic mass is 35.5. The Bertz CT molecular complexity index is 652. The van der Waals surface area contributed by atoms with Gasteiger partial charge in [0.15, 0.2) is 0 Å². The summed E-state index contributed by atoms with van der Waals surface area (Å²) in [4.78, 5) is 16.6. The number of nitrogens with one attached hydrogen (secondary N) is 2. The molecular weight excluding hydrogens is 318 g/mol. The second-order valence-electron chi connectivity index (χ2n) is 5.39. The first-order valence-electron chi connectivity index (χ1n) is 7.42. The number of carbonyl (C=O) groups excluding carboxylic acids is 1. The second kappa shape index (κ2) is 7.22. The number of hydrogen-bond donors (Lipinski definition) is 2. The molecule has 1 aromatic carbocycles. The van der Waals surface area contributed by atoms with Gasteiger partial charge in [-0.2, -0.15) is 0 Å². The lowest BCUT2D eigenvalue weighted by molar-refractivity contribution is -0.121. The van der Waals surface area contributed by atoms with Crippen LogP contribution in [-0.4, -0.2) is 30.0 Å². The van der Waals surface area contributed by atoms with Crippen molar-refractivity contribution in [3.05, 3.63) is 40.4 Å². The van der Waals surface area contributed by atoms with Crippen LogP contribution in [-0.2, 0) is 11.2 Å². The summed E-state index contributed by atoms with van der Waals surface area (Å²) in [6.45, 7) is 1.94. The van der Waals surface area contributed by atoms with Gasteiger partial charge in [-0.3, -0.25) is 4.79 Å². The monoisotopic (exact) mass is 335 g/mol. The normalized spacial score (nSPS) is 15.7. The number of thiazole rings is 1. The van der Waals surface area contributed by atoms with Crippen LogP contribution in [0, 0.1) is 0 Å². The van der Waals surface area contributed by atoms with Crippen molar-refractivity contribution in [3.63, 3.8) is 0 Å². The van der Waals surface area contributed by atoms with Crippen LogP contribution in [0.1, 0.15) is 18.5 Å². The Hall–Kier alpha value is -1.43. The Morgan fingerprint density at radius 2 is 2.14 bits per heavy atom. The van der Waals surface area contributed by atoms with Crippen LogP contribution in [0.2, 0.25) is 5.02 Å². The minimum absolute atomic E-state index is 0.0444. The molecule has 0 radical (unpaired) electrons. The maximum absolute atomic E-state index is 12.1. The third-order valence-electron chi connectivity index (χ3n) is 3.70. The smallest absolute Gasteiger partial charge is 0.226 e. The molecule has 0 aliphatic carbocycles. The number of rotatable bonds is 4. The predicted molar refractivity (Wildman–Crippen MR) is 90.3 cm³/mol. The van der Waals surface area contributed by atoms with Crippen LogP contribution in [0.15, 0.2) is 29.6 Å². The average molecular weight is 336 g/mol. The fourth-order valence-electron chi connectivity index (χ4n) is 2.56. The number of nitrogens with zero attached hydrogens (tertiary/aromatic N) is 1. The van der Waals surface area contributed by atoms with Crippen LogP contribution in [0.25, 0.3) is 10.6 Å². The summed E-state index contributed by atoms with van der Waals surface area (Å²) < 4.78 is 0. The molecule has 0 atom stereocenters. The van der Waals surface area contributed by atoms with Gasteiger partial charge in [0, 0.05) is 17.0 Å². The Morgan fingerprint density at radius 3 is 2.91 bits per heavy atom. The zero-order valence-corrected chi connectivity index (χ0v) is 13.7. The molecular formula is C16H18ClN3OS. The highest BCUT2D eigenvalue weighted by molar-refractivity contribution is 7.13. The van der Waals surface area contributed by atoms with Gasteiger partial charge in [-0.1, -0.05) is 29.8 Å².